The summed E-state index contributed by atoms with van der Waals surface area (Å²) >= 11 is 16.9. The predicted octanol–water partition coefficient (Wildman–Crippen LogP) is 25.8. The lowest BCUT2D eigenvalue weighted by Crippen LogP contribution is -2.11. The highest BCUT2D eigenvalue weighted by atomic mass is 35.5. The molecule has 10 aromatic rings. The van der Waals surface area contributed by atoms with Gasteiger partial charge in [-0.3, -0.25) is 35.1 Å². The number of methoxy groups -OCH3 is 1. The van der Waals surface area contributed by atoms with Gasteiger partial charge in [0.2, 0.25) is 5.91 Å². The van der Waals surface area contributed by atoms with Crippen molar-refractivity contribution in [2.75, 3.05) is 37.4 Å². The van der Waals surface area contributed by atoms with Crippen LogP contribution in [0.4, 0.5) is 54.8 Å². The second-order valence-corrected chi connectivity index (χ2v) is 26.5. The number of nitro benzene ring substituents is 3. The Kier molecular flexibility index (Phi) is 45.4. The van der Waals surface area contributed by atoms with Crippen molar-refractivity contribution in [2.24, 2.45) is 5.73 Å². The molecule has 0 aromatic heterocycles. The Morgan fingerprint density at radius 3 is 1.30 bits per heavy atom. The van der Waals surface area contributed by atoms with Gasteiger partial charge in [-0.05, 0) is 240 Å². The number of alkyl halides is 6. The van der Waals surface area contributed by atoms with Gasteiger partial charge in [0.15, 0.2) is 5.75 Å². The highest BCUT2D eigenvalue weighted by molar-refractivity contribution is 6.42. The van der Waals surface area contributed by atoms with Crippen molar-refractivity contribution < 1.29 is 55.4 Å². The molecule has 0 saturated carbocycles. The molecule has 0 unspecified atom stereocenters. The van der Waals surface area contributed by atoms with Gasteiger partial charge in [0.05, 0.1) is 49.7 Å². The summed E-state index contributed by atoms with van der Waals surface area (Å²) < 4.78 is 83.2. The van der Waals surface area contributed by atoms with E-state index >= 15 is 0 Å². The zero-order chi connectivity index (χ0) is 83.4. The summed E-state index contributed by atoms with van der Waals surface area (Å²) in [5, 5.41) is 39.5. The molecule has 0 fully saturated rings. The molecule has 0 saturated heterocycles. The van der Waals surface area contributed by atoms with Gasteiger partial charge in [0.1, 0.15) is 5.75 Å². The molecule has 0 radical (unpaired) electrons. The molecule has 10 aromatic carbocycles. The Labute approximate surface area is 658 Å². The van der Waals surface area contributed by atoms with Crippen LogP contribution in [0, 0.1) is 127 Å². The SMILES string of the molecule is CC(=O)Nc1cc(C)ccc1C.CCOc1ccc(C)cc1[N+](=O)[O-].COc1ccccc1C.Cc1cc(C(F)(F)F)cc(C(F)(F)F)c1.Cc1ccc(C)c(NCCCCCN)c1.Cc1ccc(Cl)c(Cl)c1.Cc1ccc(Cl)cc1.Cc1cccc(C)c1.Cc1cccc([N+](=O)[O-])c1C.Cc1ccccc1[N+](=O)[O-]. The zero-order valence-electron chi connectivity index (χ0n) is 65.4. The largest absolute Gasteiger partial charge is 0.496 e. The zero-order valence-corrected chi connectivity index (χ0v) is 67.6. The van der Waals surface area contributed by atoms with E-state index in [0.29, 0.717) is 40.1 Å². The minimum absolute atomic E-state index is 0.0244. The van der Waals surface area contributed by atoms with Crippen LogP contribution >= 0.6 is 34.8 Å². The number of aryl methyl sites for hydroxylation is 13. The number of benzene rings is 10. The van der Waals surface area contributed by atoms with E-state index in [1.165, 1.54) is 84.0 Å². The van der Waals surface area contributed by atoms with Crippen LogP contribution < -0.4 is 25.8 Å². The first-order valence-corrected chi connectivity index (χ1v) is 35.9. The van der Waals surface area contributed by atoms with Crippen molar-refractivity contribution in [1.29, 1.82) is 0 Å². The van der Waals surface area contributed by atoms with Gasteiger partial charge in [-0.2, -0.15) is 26.3 Å². The molecule has 10 rings (SSSR count). The lowest BCUT2D eigenvalue weighted by Gasteiger charge is -2.12. The van der Waals surface area contributed by atoms with Gasteiger partial charge < -0.3 is 25.8 Å². The first-order chi connectivity index (χ1) is 51.5. The minimum Gasteiger partial charge on any atom is -0.496 e. The molecule has 0 bridgehead atoms. The van der Waals surface area contributed by atoms with Crippen molar-refractivity contribution in [1.82, 2.24) is 0 Å². The van der Waals surface area contributed by atoms with E-state index in [1.54, 1.807) is 70.3 Å². The molecular weight excluding hydrogens is 1480 g/mol. The van der Waals surface area contributed by atoms with Crippen LogP contribution in [-0.4, -0.2) is 47.5 Å². The van der Waals surface area contributed by atoms with E-state index in [1.807, 2.05) is 133 Å². The lowest BCUT2D eigenvalue weighted by molar-refractivity contribution is -0.386. The number of amides is 1. The number of hydrogen-bond donors (Lipinski definition) is 3. The third-order valence-corrected chi connectivity index (χ3v) is 16.3. The number of nitrogens with zero attached hydrogens (tertiary/aromatic N) is 3. The van der Waals surface area contributed by atoms with Crippen LogP contribution in [0.5, 0.6) is 11.5 Å². The Bertz CT molecular complexity index is 4420. The Morgan fingerprint density at radius 2 is 0.873 bits per heavy atom. The van der Waals surface area contributed by atoms with E-state index < -0.39 is 28.4 Å². The van der Waals surface area contributed by atoms with E-state index in [-0.39, 0.29) is 44.4 Å². The van der Waals surface area contributed by atoms with E-state index in [2.05, 4.69) is 80.8 Å². The van der Waals surface area contributed by atoms with Gasteiger partial charge >= 0.3 is 18.0 Å². The maximum absolute atomic E-state index is 12.2. The molecule has 0 aliphatic heterocycles. The molecule has 24 heteroatoms. The van der Waals surface area contributed by atoms with Crippen molar-refractivity contribution in [3.8, 4) is 11.5 Å². The highest BCUT2D eigenvalue weighted by Crippen LogP contribution is 2.36. The van der Waals surface area contributed by atoms with Crippen molar-refractivity contribution >= 4 is 69.1 Å². The summed E-state index contributed by atoms with van der Waals surface area (Å²) in [5.74, 6) is 1.26. The van der Waals surface area contributed by atoms with Gasteiger partial charge in [-0.1, -0.05) is 179 Å². The molecule has 110 heavy (non-hydrogen) atoms. The maximum Gasteiger partial charge on any atom is 0.416 e. The van der Waals surface area contributed by atoms with Crippen LogP contribution in [0.1, 0.15) is 122 Å². The number of para-hydroxylation sites is 2. The number of unbranched alkanes of at least 4 members (excludes halogenated alkanes) is 2. The monoisotopic (exact) mass is 1580 g/mol. The van der Waals surface area contributed by atoms with Crippen molar-refractivity contribution in [2.45, 2.75) is 142 Å². The van der Waals surface area contributed by atoms with E-state index in [9.17, 15) is 61.5 Å². The molecule has 0 aliphatic carbocycles. The third-order valence-electron chi connectivity index (χ3n) is 15.3. The number of nitrogens with one attached hydrogen (secondary N) is 2. The third kappa shape index (κ3) is 40.8. The lowest BCUT2D eigenvalue weighted by atomic mass is 10.1. The van der Waals surface area contributed by atoms with Gasteiger partial charge in [-0.25, -0.2) is 0 Å². The van der Waals surface area contributed by atoms with Crippen LogP contribution in [0.25, 0.3) is 0 Å². The fraction of sp³-hybridized carbons (Fsp3) is 0.291. The molecule has 0 aliphatic rings. The smallest absolute Gasteiger partial charge is 0.416 e. The number of halogens is 9. The Morgan fingerprint density at radius 1 is 0.427 bits per heavy atom. The van der Waals surface area contributed by atoms with Gasteiger partial charge in [0.25, 0.3) is 11.4 Å². The number of anilines is 2. The Balaban J connectivity index is 0.000000615. The number of carbonyl (C=O) groups is 1. The second kappa shape index (κ2) is 51.1. The number of nitrogens with two attached hydrogens (primary N) is 1. The second-order valence-electron chi connectivity index (χ2n) is 25.2. The van der Waals surface area contributed by atoms with Crippen molar-refractivity contribution in [3.63, 3.8) is 0 Å². The fourth-order valence-electron chi connectivity index (χ4n) is 9.24. The van der Waals surface area contributed by atoms with Crippen LogP contribution in [0.2, 0.25) is 15.1 Å². The average Bonchev–Trinajstić information content (AvgIpc) is 0.813. The van der Waals surface area contributed by atoms with Gasteiger partial charge in [-0.15, -0.1) is 0 Å². The molecule has 0 heterocycles. The summed E-state index contributed by atoms with van der Waals surface area (Å²) in [7, 11) is 1.68. The van der Waals surface area contributed by atoms with Crippen LogP contribution in [-0.2, 0) is 17.1 Å². The summed E-state index contributed by atoms with van der Waals surface area (Å²) in [6, 6.07) is 60.3. The molecular formula is C86H101Cl3F6N6O9. The molecule has 1 amide bonds. The number of rotatable bonds is 13. The topological polar surface area (TPSA) is 215 Å². The summed E-state index contributed by atoms with van der Waals surface area (Å²) in [6.07, 6.45) is -5.97. The van der Waals surface area contributed by atoms with Crippen LogP contribution in [0.15, 0.2) is 206 Å². The maximum atomic E-state index is 12.2. The summed E-state index contributed by atoms with van der Waals surface area (Å²) in [6.45, 7) is 32.4. The summed E-state index contributed by atoms with van der Waals surface area (Å²) in [4.78, 5) is 40.8. The highest BCUT2D eigenvalue weighted by Gasteiger charge is 2.36. The van der Waals surface area contributed by atoms with E-state index in [4.69, 9.17) is 50.0 Å². The van der Waals surface area contributed by atoms with Gasteiger partial charge in [0, 0.05) is 59.2 Å². The molecule has 0 atom stereocenters. The van der Waals surface area contributed by atoms with E-state index in [0.717, 1.165) is 69.4 Å². The van der Waals surface area contributed by atoms with Crippen LogP contribution in [0.3, 0.4) is 0 Å². The first-order valence-electron chi connectivity index (χ1n) is 34.7. The molecule has 0 spiro atoms. The predicted molar refractivity (Wildman–Crippen MR) is 439 cm³/mol. The number of carbonyl (C=O) groups excluding carboxylic acids is 1. The molecule has 15 nitrogen and oxygen atoms in total. The number of ether oxygens (including phenoxy) is 2. The quantitative estimate of drug-likeness (QED) is 0.0427. The molecule has 592 valence electrons. The minimum atomic E-state index is -4.76. The standard InChI is InChI=1S/C13H22N2.C10H13NO.C9H6F6.C9H11NO3.C8H9NO2.C8H10O.C8H10.C7H6Cl2.C7H7Cl.C7H7NO2/c1-11-6-7-12(2)13(10-11)15-9-5-3-4-8-14;1-7-4-5-8(2)10(6-7)11-9(3)12;1-5-2-6(8(10,11)12)4-7(3-5)9(13,14)15;1-3-13-9-5-4-7(2)6-8(9)10(11)12;1-6-4-3-5-8(7(6)2)9(10)11;1-7-5-3-4-6-8(7)9-2;1-7-4-3-5-8(2)6-7;1-5-2-3-6(8)7(9)4-5;1-6-2-4-7(8)5-3-6;1-6-4-2-3-5-7(6)8(9)10/h6-7,10,15H,3-5,8-9,14H2,1-2H3;4-6H,1-3H3,(H,11,12);2-4H,1H3;4-6H,3H2,1-2H3;3-5H,1-2H3;3-6H,1-2H3;3-6H,1-2H3;2-4H,1H3;2-5H,1H3;2-5H,1H3. The Hall–Kier alpha value is -10.3. The fourth-order valence-corrected chi connectivity index (χ4v) is 9.72. The molecule has 4 N–H and O–H groups in total. The summed E-state index contributed by atoms with van der Waals surface area (Å²) in [5.41, 5.74) is 19.8. The number of hydrogen-bond acceptors (Lipinski definition) is 11. The van der Waals surface area contributed by atoms with Crippen molar-refractivity contribution in [3.05, 3.63) is 341 Å². The average molecular weight is 1580 g/mol. The number of nitro groups is 3. The first kappa shape index (κ1) is 97.7. The normalized spacial score (nSPS) is 10.1.